The first-order valence-electron chi connectivity index (χ1n) is 7.62. The molecule has 0 radical (unpaired) electrons. The van der Waals surface area contributed by atoms with Crippen LogP contribution in [-0.4, -0.2) is 24.6 Å². The van der Waals surface area contributed by atoms with Crippen molar-refractivity contribution in [3.8, 4) is 5.75 Å². The Labute approximate surface area is 161 Å². The summed E-state index contributed by atoms with van der Waals surface area (Å²) >= 11 is 11.9. The molecule has 8 heteroatoms. The highest BCUT2D eigenvalue weighted by Gasteiger charge is 2.11. The van der Waals surface area contributed by atoms with Crippen LogP contribution >= 0.6 is 23.2 Å². The molecule has 2 N–H and O–H groups in total. The van der Waals surface area contributed by atoms with Crippen molar-refractivity contribution in [3.05, 3.63) is 58.1 Å². The van der Waals surface area contributed by atoms with Crippen LogP contribution in [0.4, 0.5) is 5.69 Å². The summed E-state index contributed by atoms with van der Waals surface area (Å²) in [6.45, 7) is 1.63. The number of amides is 2. The van der Waals surface area contributed by atoms with Gasteiger partial charge in [0.2, 0.25) is 5.91 Å². The molecule has 2 aromatic rings. The van der Waals surface area contributed by atoms with Crippen molar-refractivity contribution in [1.29, 1.82) is 0 Å². The Balaban J connectivity index is 1.96. The van der Waals surface area contributed by atoms with Gasteiger partial charge in [0.05, 0.1) is 29.8 Å². The maximum absolute atomic E-state index is 12.1. The van der Waals surface area contributed by atoms with Crippen LogP contribution in [0.5, 0.6) is 5.75 Å². The minimum Gasteiger partial charge on any atom is -0.495 e. The molecule has 0 aliphatic rings. The van der Waals surface area contributed by atoms with Crippen molar-refractivity contribution in [2.75, 3.05) is 12.4 Å². The van der Waals surface area contributed by atoms with Crippen LogP contribution in [0.3, 0.4) is 0 Å². The number of nitrogens with one attached hydrogen (secondary N) is 2. The standard InChI is InChI=1S/C18H17Cl2N3O3/c1-11(22-23-18(25)13-5-3-4-6-14(13)20)9-17(24)21-15-10-12(19)7-8-16(15)26-2/h3-8,10H,9H2,1-2H3,(H,21,24)(H,23,25)/b22-11-. The molecule has 0 spiro atoms. The summed E-state index contributed by atoms with van der Waals surface area (Å²) in [5.41, 5.74) is 3.56. The first-order chi connectivity index (χ1) is 12.4. The molecule has 0 atom stereocenters. The van der Waals surface area contributed by atoms with Gasteiger partial charge < -0.3 is 10.1 Å². The Morgan fingerprint density at radius 2 is 1.88 bits per heavy atom. The van der Waals surface area contributed by atoms with Gasteiger partial charge >= 0.3 is 0 Å². The average molecular weight is 394 g/mol. The highest BCUT2D eigenvalue weighted by atomic mass is 35.5. The molecule has 136 valence electrons. The number of hydrogen-bond acceptors (Lipinski definition) is 4. The zero-order chi connectivity index (χ0) is 19.1. The lowest BCUT2D eigenvalue weighted by molar-refractivity contribution is -0.115. The van der Waals surface area contributed by atoms with E-state index < -0.39 is 5.91 Å². The van der Waals surface area contributed by atoms with E-state index in [1.807, 2.05) is 0 Å². The number of carbonyl (C=O) groups excluding carboxylic acids is 2. The van der Waals surface area contributed by atoms with Gasteiger partial charge in [0.1, 0.15) is 5.75 Å². The predicted molar refractivity (Wildman–Crippen MR) is 103 cm³/mol. The SMILES string of the molecule is COc1ccc(Cl)cc1NC(=O)C/C(C)=N\NC(=O)c1ccccc1Cl. The number of nitrogens with zero attached hydrogens (tertiary/aromatic N) is 1. The van der Waals surface area contributed by atoms with E-state index >= 15 is 0 Å². The van der Waals surface area contributed by atoms with E-state index in [1.165, 1.54) is 7.11 Å². The molecular formula is C18H17Cl2N3O3. The summed E-state index contributed by atoms with van der Waals surface area (Å²) in [4.78, 5) is 24.2. The summed E-state index contributed by atoms with van der Waals surface area (Å²) in [6.07, 6.45) is -0.0154. The van der Waals surface area contributed by atoms with E-state index in [1.54, 1.807) is 49.4 Å². The third-order valence-corrected chi connectivity index (χ3v) is 3.88. The van der Waals surface area contributed by atoms with E-state index in [-0.39, 0.29) is 12.3 Å². The number of benzene rings is 2. The van der Waals surface area contributed by atoms with Crippen LogP contribution in [0.2, 0.25) is 10.0 Å². The molecule has 2 aromatic carbocycles. The van der Waals surface area contributed by atoms with Crippen LogP contribution < -0.4 is 15.5 Å². The summed E-state index contributed by atoms with van der Waals surface area (Å²) in [5, 5.41) is 7.42. The molecule has 2 amide bonds. The van der Waals surface area contributed by atoms with Crippen LogP contribution in [0.25, 0.3) is 0 Å². The minimum atomic E-state index is -0.452. The Morgan fingerprint density at radius 3 is 2.58 bits per heavy atom. The van der Waals surface area contributed by atoms with Crippen LogP contribution in [0, 0.1) is 0 Å². The van der Waals surface area contributed by atoms with Gasteiger partial charge in [-0.25, -0.2) is 5.43 Å². The fourth-order valence-corrected chi connectivity index (χ4v) is 2.49. The van der Waals surface area contributed by atoms with Crippen molar-refractivity contribution in [3.63, 3.8) is 0 Å². The first-order valence-corrected chi connectivity index (χ1v) is 8.37. The van der Waals surface area contributed by atoms with Crippen molar-refractivity contribution < 1.29 is 14.3 Å². The zero-order valence-electron chi connectivity index (χ0n) is 14.2. The number of ether oxygens (including phenoxy) is 1. The maximum Gasteiger partial charge on any atom is 0.272 e. The number of hydrogen-bond donors (Lipinski definition) is 2. The fraction of sp³-hybridized carbons (Fsp3) is 0.167. The van der Waals surface area contributed by atoms with Gasteiger partial charge in [-0.15, -0.1) is 0 Å². The number of halogens is 2. The van der Waals surface area contributed by atoms with Gasteiger partial charge in [-0.05, 0) is 37.3 Å². The number of anilines is 1. The third-order valence-electron chi connectivity index (χ3n) is 3.32. The summed E-state index contributed by atoms with van der Waals surface area (Å²) in [5.74, 6) is -0.282. The lowest BCUT2D eigenvalue weighted by Gasteiger charge is -2.10. The van der Waals surface area contributed by atoms with E-state index in [0.29, 0.717) is 32.8 Å². The molecule has 2 rings (SSSR count). The Hall–Kier alpha value is -2.57. The average Bonchev–Trinajstić information content (AvgIpc) is 2.60. The van der Waals surface area contributed by atoms with Crippen molar-refractivity contribution in [2.24, 2.45) is 5.10 Å². The minimum absolute atomic E-state index is 0.0154. The second-order valence-corrected chi connectivity index (χ2v) is 6.18. The lowest BCUT2D eigenvalue weighted by atomic mass is 10.2. The van der Waals surface area contributed by atoms with Crippen molar-refractivity contribution >= 4 is 46.4 Å². The molecule has 0 aliphatic heterocycles. The molecule has 0 unspecified atom stereocenters. The maximum atomic E-state index is 12.1. The number of methoxy groups -OCH3 is 1. The molecule has 0 saturated carbocycles. The molecule has 0 saturated heterocycles. The molecule has 0 aromatic heterocycles. The molecule has 26 heavy (non-hydrogen) atoms. The van der Waals surface area contributed by atoms with E-state index in [4.69, 9.17) is 27.9 Å². The normalized spacial score (nSPS) is 11.0. The van der Waals surface area contributed by atoms with Gasteiger partial charge in [0.25, 0.3) is 5.91 Å². The van der Waals surface area contributed by atoms with Gasteiger partial charge in [0.15, 0.2) is 0 Å². The Kier molecular flexibility index (Phi) is 7.00. The summed E-state index contributed by atoms with van der Waals surface area (Å²) in [7, 11) is 1.50. The smallest absolute Gasteiger partial charge is 0.272 e. The summed E-state index contributed by atoms with van der Waals surface area (Å²) in [6, 6.07) is 11.5. The van der Waals surface area contributed by atoms with E-state index in [0.717, 1.165) is 0 Å². The van der Waals surface area contributed by atoms with E-state index in [9.17, 15) is 9.59 Å². The third kappa shape index (κ3) is 5.47. The quantitative estimate of drug-likeness (QED) is 0.571. The van der Waals surface area contributed by atoms with Crippen LogP contribution in [-0.2, 0) is 4.79 Å². The zero-order valence-corrected chi connectivity index (χ0v) is 15.7. The van der Waals surface area contributed by atoms with Gasteiger partial charge in [-0.1, -0.05) is 35.3 Å². The molecule has 0 heterocycles. The number of carbonyl (C=O) groups is 2. The monoisotopic (exact) mass is 393 g/mol. The van der Waals surface area contributed by atoms with Crippen LogP contribution in [0.1, 0.15) is 23.7 Å². The summed E-state index contributed by atoms with van der Waals surface area (Å²) < 4.78 is 5.17. The molecule has 6 nitrogen and oxygen atoms in total. The number of rotatable bonds is 6. The molecule has 0 fully saturated rings. The Morgan fingerprint density at radius 1 is 1.15 bits per heavy atom. The van der Waals surface area contributed by atoms with Crippen molar-refractivity contribution in [1.82, 2.24) is 5.43 Å². The van der Waals surface area contributed by atoms with Gasteiger partial charge in [0, 0.05) is 10.7 Å². The molecule has 0 aliphatic carbocycles. The Bertz CT molecular complexity index is 853. The largest absolute Gasteiger partial charge is 0.495 e. The first kappa shape index (κ1) is 19.8. The molecular weight excluding hydrogens is 377 g/mol. The van der Waals surface area contributed by atoms with E-state index in [2.05, 4.69) is 15.8 Å². The fourth-order valence-electron chi connectivity index (χ4n) is 2.10. The van der Waals surface area contributed by atoms with Gasteiger partial charge in [-0.3, -0.25) is 9.59 Å². The van der Waals surface area contributed by atoms with Crippen LogP contribution in [0.15, 0.2) is 47.6 Å². The lowest BCUT2D eigenvalue weighted by Crippen LogP contribution is -2.21. The van der Waals surface area contributed by atoms with Gasteiger partial charge in [-0.2, -0.15) is 5.10 Å². The number of hydrazone groups is 1. The highest BCUT2D eigenvalue weighted by molar-refractivity contribution is 6.33. The predicted octanol–water partition coefficient (Wildman–Crippen LogP) is 4.14. The van der Waals surface area contributed by atoms with Crippen molar-refractivity contribution in [2.45, 2.75) is 13.3 Å². The molecule has 0 bridgehead atoms. The highest BCUT2D eigenvalue weighted by Crippen LogP contribution is 2.27. The second-order valence-electron chi connectivity index (χ2n) is 5.34. The second kappa shape index (κ2) is 9.22. The topological polar surface area (TPSA) is 79.8 Å².